The van der Waals surface area contributed by atoms with Crippen molar-refractivity contribution < 1.29 is 4.42 Å². The van der Waals surface area contributed by atoms with Crippen molar-refractivity contribution in [1.82, 2.24) is 4.98 Å². The minimum absolute atomic E-state index is 0.338. The highest BCUT2D eigenvalue weighted by Gasteiger charge is 2.09. The molecule has 1 aromatic heterocycles. The van der Waals surface area contributed by atoms with E-state index in [9.17, 15) is 4.79 Å². The van der Waals surface area contributed by atoms with E-state index in [0.717, 1.165) is 15.4 Å². The average molecular weight is 347 g/mol. The van der Waals surface area contributed by atoms with Crippen molar-refractivity contribution in [2.24, 2.45) is 0 Å². The fourth-order valence-electron chi connectivity index (χ4n) is 1.47. The predicted octanol–water partition coefficient (Wildman–Crippen LogP) is 3.67. The number of hydrogen-bond donors (Lipinski definition) is 0. The summed E-state index contributed by atoms with van der Waals surface area (Å²) >= 11 is 6.72. The van der Waals surface area contributed by atoms with Gasteiger partial charge in [-0.15, -0.1) is 0 Å². The lowest BCUT2D eigenvalue weighted by molar-refractivity contribution is 0.442. The molecule has 0 N–H and O–H groups in total. The van der Waals surface area contributed by atoms with E-state index in [-0.39, 0.29) is 5.63 Å². The number of nitrogens with zero attached hydrogens (tertiary/aromatic N) is 1. The van der Waals surface area contributed by atoms with E-state index >= 15 is 0 Å². The number of halogens is 2. The average Bonchev–Trinajstić information content (AvgIpc) is 2.20. The van der Waals surface area contributed by atoms with Crippen LogP contribution in [0.5, 0.6) is 0 Å². The Morgan fingerprint density at radius 2 is 2.12 bits per heavy atom. The highest BCUT2D eigenvalue weighted by molar-refractivity contribution is 9.11. The van der Waals surface area contributed by atoms with Gasteiger partial charge in [0.2, 0.25) is 0 Å². The summed E-state index contributed by atoms with van der Waals surface area (Å²) in [5.41, 5.74) is 0.318. The lowest BCUT2D eigenvalue weighted by Gasteiger charge is -2.02. The van der Waals surface area contributed by atoms with Crippen LogP contribution in [0.25, 0.3) is 10.9 Å². The molecule has 0 fully saturated rings. The molecule has 1 heterocycles. The van der Waals surface area contributed by atoms with Crippen molar-refractivity contribution in [2.75, 3.05) is 0 Å². The third-order valence-electron chi connectivity index (χ3n) is 2.16. The Balaban J connectivity index is 2.77. The lowest BCUT2D eigenvalue weighted by atomic mass is 10.2. The third-order valence-corrected chi connectivity index (χ3v) is 3.22. The highest BCUT2D eigenvalue weighted by Crippen LogP contribution is 2.25. The molecule has 0 aliphatic carbocycles. The summed E-state index contributed by atoms with van der Waals surface area (Å²) in [6, 6.07) is 3.58. The number of benzene rings is 1. The van der Waals surface area contributed by atoms with Crippen LogP contribution in [0.15, 0.2) is 30.3 Å². The van der Waals surface area contributed by atoms with E-state index in [1.54, 1.807) is 6.07 Å². The number of fused-ring (bicyclic) bond motifs is 1. The maximum Gasteiger partial charge on any atom is 0.346 e. The summed E-state index contributed by atoms with van der Waals surface area (Å²) in [4.78, 5) is 16.1. The molecule has 0 spiro atoms. The first-order valence-electron chi connectivity index (χ1n) is 4.90. The summed E-state index contributed by atoms with van der Waals surface area (Å²) in [5.74, 6) is 0.489. The summed E-state index contributed by atoms with van der Waals surface area (Å²) < 4.78 is 6.75. The van der Waals surface area contributed by atoms with Gasteiger partial charge >= 0.3 is 5.63 Å². The van der Waals surface area contributed by atoms with Gasteiger partial charge in [-0.2, -0.15) is 0 Å². The van der Waals surface area contributed by atoms with E-state index in [4.69, 9.17) is 4.42 Å². The smallest absolute Gasteiger partial charge is 0.346 e. The molecule has 0 unspecified atom stereocenters. The van der Waals surface area contributed by atoms with Crippen LogP contribution in [0, 0.1) is 0 Å². The molecule has 5 heteroatoms. The zero-order chi connectivity index (χ0) is 11.7. The Bertz CT molecular complexity index is 592. The fraction of sp³-hybridized carbons (Fsp3) is 0.273. The highest BCUT2D eigenvalue weighted by atomic mass is 79.9. The molecule has 0 aliphatic rings. The Hall–Kier alpha value is -0.680. The van der Waals surface area contributed by atoms with Crippen LogP contribution in [0.1, 0.15) is 19.2 Å². The molecule has 2 aromatic rings. The van der Waals surface area contributed by atoms with Crippen LogP contribution < -0.4 is 5.63 Å². The van der Waals surface area contributed by atoms with Crippen molar-refractivity contribution in [3.63, 3.8) is 0 Å². The lowest BCUT2D eigenvalue weighted by Crippen LogP contribution is -2.05. The molecule has 1 aromatic carbocycles. The Labute approximate surface area is 109 Å². The summed E-state index contributed by atoms with van der Waals surface area (Å²) in [6.45, 7) is 2.02. The summed E-state index contributed by atoms with van der Waals surface area (Å²) in [5, 5.41) is 0.487. The fourth-order valence-corrected chi connectivity index (χ4v) is 2.78. The molecule has 0 saturated carbocycles. The maximum atomic E-state index is 11.7. The van der Waals surface area contributed by atoms with E-state index in [2.05, 4.69) is 36.8 Å². The second-order valence-corrected chi connectivity index (χ2v) is 5.20. The van der Waals surface area contributed by atoms with Crippen LogP contribution in [0.2, 0.25) is 0 Å². The molecular weight excluding hydrogens is 338 g/mol. The van der Waals surface area contributed by atoms with E-state index < -0.39 is 0 Å². The van der Waals surface area contributed by atoms with Crippen LogP contribution in [-0.2, 0) is 6.42 Å². The van der Waals surface area contributed by atoms with Gasteiger partial charge in [-0.3, -0.25) is 0 Å². The molecule has 0 aliphatic heterocycles. The normalized spacial score (nSPS) is 10.9. The molecule has 3 nitrogen and oxygen atoms in total. The zero-order valence-corrected chi connectivity index (χ0v) is 11.8. The molecular formula is C11H9Br2NO2. The van der Waals surface area contributed by atoms with Crippen molar-refractivity contribution in [3.05, 3.63) is 37.4 Å². The van der Waals surface area contributed by atoms with Crippen molar-refractivity contribution in [3.8, 4) is 0 Å². The first kappa shape index (κ1) is 11.8. The second-order valence-electron chi connectivity index (χ2n) is 3.43. The van der Waals surface area contributed by atoms with Gasteiger partial charge < -0.3 is 4.42 Å². The van der Waals surface area contributed by atoms with Gasteiger partial charge in [-0.05, 0) is 34.5 Å². The molecule has 84 valence electrons. The second kappa shape index (κ2) is 4.67. The molecule has 0 saturated heterocycles. The Kier molecular flexibility index (Phi) is 3.44. The van der Waals surface area contributed by atoms with Gasteiger partial charge in [0.25, 0.3) is 0 Å². The van der Waals surface area contributed by atoms with Crippen molar-refractivity contribution >= 4 is 42.8 Å². The van der Waals surface area contributed by atoms with E-state index in [0.29, 0.717) is 23.2 Å². The number of aryl methyl sites for hydroxylation is 1. The predicted molar refractivity (Wildman–Crippen MR) is 69.7 cm³/mol. The van der Waals surface area contributed by atoms with Crippen LogP contribution >= 0.6 is 31.9 Å². The van der Waals surface area contributed by atoms with Gasteiger partial charge in [0.1, 0.15) is 0 Å². The largest absolute Gasteiger partial charge is 0.408 e. The minimum atomic E-state index is -0.338. The van der Waals surface area contributed by atoms with Gasteiger partial charge in [0, 0.05) is 15.4 Å². The van der Waals surface area contributed by atoms with Crippen LogP contribution in [0.3, 0.4) is 0 Å². The number of rotatable bonds is 2. The van der Waals surface area contributed by atoms with Crippen LogP contribution in [0.4, 0.5) is 0 Å². The third kappa shape index (κ3) is 2.20. The minimum Gasteiger partial charge on any atom is -0.408 e. The molecule has 0 radical (unpaired) electrons. The standard InChI is InChI=1S/C11H9Br2NO2/c1-2-3-9-14-10-7(11(15)16-9)4-6(12)5-8(10)13/h4-5H,2-3H2,1H3. The van der Waals surface area contributed by atoms with Crippen molar-refractivity contribution in [1.29, 1.82) is 0 Å². The zero-order valence-electron chi connectivity index (χ0n) is 8.59. The first-order valence-corrected chi connectivity index (χ1v) is 6.49. The van der Waals surface area contributed by atoms with Gasteiger partial charge in [0.15, 0.2) is 5.89 Å². The van der Waals surface area contributed by atoms with Gasteiger partial charge in [-0.1, -0.05) is 22.9 Å². The van der Waals surface area contributed by atoms with Gasteiger partial charge in [-0.25, -0.2) is 9.78 Å². The summed E-state index contributed by atoms with van der Waals surface area (Å²) in [6.07, 6.45) is 1.57. The van der Waals surface area contributed by atoms with Crippen LogP contribution in [-0.4, -0.2) is 4.98 Å². The van der Waals surface area contributed by atoms with E-state index in [1.165, 1.54) is 0 Å². The quantitative estimate of drug-likeness (QED) is 0.833. The Morgan fingerprint density at radius 3 is 2.81 bits per heavy atom. The monoisotopic (exact) mass is 345 g/mol. The van der Waals surface area contributed by atoms with Crippen molar-refractivity contribution in [2.45, 2.75) is 19.8 Å². The first-order chi connectivity index (χ1) is 7.61. The Morgan fingerprint density at radius 1 is 1.38 bits per heavy atom. The molecule has 0 amide bonds. The van der Waals surface area contributed by atoms with Gasteiger partial charge in [0.05, 0.1) is 10.9 Å². The summed E-state index contributed by atoms with van der Waals surface area (Å²) in [7, 11) is 0. The maximum absolute atomic E-state index is 11.7. The topological polar surface area (TPSA) is 43.1 Å². The number of hydrogen-bond acceptors (Lipinski definition) is 3. The molecule has 16 heavy (non-hydrogen) atoms. The number of aromatic nitrogens is 1. The SMILES string of the molecule is CCCc1nc2c(Br)cc(Br)cc2c(=O)o1. The molecule has 2 rings (SSSR count). The molecule has 0 atom stereocenters. The van der Waals surface area contributed by atoms with E-state index in [1.807, 2.05) is 13.0 Å². The molecule has 0 bridgehead atoms.